The lowest BCUT2D eigenvalue weighted by Crippen LogP contribution is -2.48. The molecule has 1 unspecified atom stereocenters. The first-order chi connectivity index (χ1) is 9.67. The number of nitriles is 1. The summed E-state index contributed by atoms with van der Waals surface area (Å²) < 4.78 is 1.78. The summed E-state index contributed by atoms with van der Waals surface area (Å²) >= 11 is 0. The zero-order valence-corrected chi connectivity index (χ0v) is 11.0. The summed E-state index contributed by atoms with van der Waals surface area (Å²) in [6.07, 6.45) is 2.82. The fourth-order valence-electron chi connectivity index (χ4n) is 2.17. The SMILES string of the molecule is CC(O)c1cn(C2CN(c3ccnc(C#N)c3)C2)nn1. The molecule has 1 aliphatic rings. The Labute approximate surface area is 116 Å². The van der Waals surface area contributed by atoms with Crippen LogP contribution in [0.15, 0.2) is 24.5 Å². The summed E-state index contributed by atoms with van der Waals surface area (Å²) in [7, 11) is 0. The lowest BCUT2D eigenvalue weighted by molar-refractivity contribution is 0.194. The summed E-state index contributed by atoms with van der Waals surface area (Å²) in [5.74, 6) is 0. The van der Waals surface area contributed by atoms with Gasteiger partial charge >= 0.3 is 0 Å². The van der Waals surface area contributed by atoms with Crippen LogP contribution in [0.1, 0.15) is 30.5 Å². The van der Waals surface area contributed by atoms with Gasteiger partial charge in [-0.25, -0.2) is 9.67 Å². The molecular weight excluding hydrogens is 256 g/mol. The van der Waals surface area contributed by atoms with Gasteiger partial charge in [0.05, 0.1) is 18.3 Å². The van der Waals surface area contributed by atoms with Gasteiger partial charge in [0, 0.05) is 25.0 Å². The van der Waals surface area contributed by atoms with Crippen molar-refractivity contribution in [2.75, 3.05) is 18.0 Å². The summed E-state index contributed by atoms with van der Waals surface area (Å²) in [5.41, 5.74) is 1.99. The minimum absolute atomic E-state index is 0.244. The van der Waals surface area contributed by atoms with Crippen molar-refractivity contribution in [3.8, 4) is 6.07 Å². The molecule has 1 fully saturated rings. The third kappa shape index (κ3) is 2.21. The lowest BCUT2D eigenvalue weighted by Gasteiger charge is -2.40. The third-order valence-electron chi connectivity index (χ3n) is 3.42. The molecule has 0 aromatic carbocycles. The van der Waals surface area contributed by atoms with E-state index in [1.165, 1.54) is 0 Å². The van der Waals surface area contributed by atoms with Gasteiger partial charge < -0.3 is 10.0 Å². The zero-order chi connectivity index (χ0) is 14.1. The molecular formula is C13H14N6O. The van der Waals surface area contributed by atoms with Crippen molar-refractivity contribution in [3.63, 3.8) is 0 Å². The monoisotopic (exact) mass is 270 g/mol. The van der Waals surface area contributed by atoms with Gasteiger partial charge in [0.2, 0.25) is 0 Å². The van der Waals surface area contributed by atoms with Crippen LogP contribution in [0.25, 0.3) is 0 Å². The summed E-state index contributed by atoms with van der Waals surface area (Å²) in [6.45, 7) is 3.27. The average molecular weight is 270 g/mol. The molecule has 1 saturated heterocycles. The molecule has 0 spiro atoms. The van der Waals surface area contributed by atoms with Gasteiger partial charge in [0.25, 0.3) is 0 Å². The maximum Gasteiger partial charge on any atom is 0.142 e. The van der Waals surface area contributed by atoms with Crippen LogP contribution < -0.4 is 4.90 Å². The lowest BCUT2D eigenvalue weighted by atomic mass is 10.1. The Kier molecular flexibility index (Phi) is 3.08. The van der Waals surface area contributed by atoms with E-state index >= 15 is 0 Å². The van der Waals surface area contributed by atoms with Gasteiger partial charge in [0.1, 0.15) is 17.5 Å². The smallest absolute Gasteiger partial charge is 0.142 e. The van der Waals surface area contributed by atoms with Crippen molar-refractivity contribution in [1.82, 2.24) is 20.0 Å². The maximum absolute atomic E-state index is 9.43. The van der Waals surface area contributed by atoms with Gasteiger partial charge in [-0.05, 0) is 19.1 Å². The molecule has 20 heavy (non-hydrogen) atoms. The Hall–Kier alpha value is -2.46. The molecule has 0 radical (unpaired) electrons. The summed E-state index contributed by atoms with van der Waals surface area (Å²) in [5, 5.41) is 26.2. The number of hydrogen-bond donors (Lipinski definition) is 1. The molecule has 3 heterocycles. The van der Waals surface area contributed by atoms with Crippen LogP contribution in [0.2, 0.25) is 0 Å². The molecule has 3 rings (SSSR count). The molecule has 0 saturated carbocycles. The van der Waals surface area contributed by atoms with Crippen LogP contribution in [0, 0.1) is 11.3 Å². The maximum atomic E-state index is 9.43. The minimum Gasteiger partial charge on any atom is -0.387 e. The third-order valence-corrected chi connectivity index (χ3v) is 3.42. The van der Waals surface area contributed by atoms with Gasteiger partial charge in [-0.1, -0.05) is 5.21 Å². The Morgan fingerprint density at radius 2 is 2.30 bits per heavy atom. The van der Waals surface area contributed by atoms with Crippen LogP contribution in [-0.4, -0.2) is 38.2 Å². The van der Waals surface area contributed by atoms with Crippen LogP contribution >= 0.6 is 0 Å². The molecule has 7 nitrogen and oxygen atoms in total. The normalized spacial score (nSPS) is 16.6. The van der Waals surface area contributed by atoms with Crippen molar-refractivity contribution in [1.29, 1.82) is 5.26 Å². The van der Waals surface area contributed by atoms with E-state index in [2.05, 4.69) is 20.2 Å². The molecule has 7 heteroatoms. The molecule has 2 aromatic heterocycles. The van der Waals surface area contributed by atoms with Crippen LogP contribution in [0.4, 0.5) is 5.69 Å². The number of pyridine rings is 1. The minimum atomic E-state index is -0.599. The molecule has 1 atom stereocenters. The largest absolute Gasteiger partial charge is 0.387 e. The van der Waals surface area contributed by atoms with E-state index in [1.807, 2.05) is 12.1 Å². The number of rotatable bonds is 3. The second-order valence-electron chi connectivity index (χ2n) is 4.87. The molecule has 0 bridgehead atoms. The van der Waals surface area contributed by atoms with Gasteiger partial charge in [-0.2, -0.15) is 5.26 Å². The number of aromatic nitrogens is 4. The Morgan fingerprint density at radius 3 is 2.95 bits per heavy atom. The molecule has 2 aromatic rings. The number of anilines is 1. The highest BCUT2D eigenvalue weighted by Gasteiger charge is 2.29. The Bertz CT molecular complexity index is 653. The van der Waals surface area contributed by atoms with Gasteiger partial charge in [0.15, 0.2) is 0 Å². The van der Waals surface area contributed by atoms with Crippen molar-refractivity contribution in [3.05, 3.63) is 35.9 Å². The fraction of sp³-hybridized carbons (Fsp3) is 0.385. The second-order valence-corrected chi connectivity index (χ2v) is 4.87. The van der Waals surface area contributed by atoms with E-state index in [9.17, 15) is 5.11 Å². The second kappa shape index (κ2) is 4.90. The standard InChI is InChI=1S/C13H14N6O/c1-9(20)13-8-19(17-16-13)12-6-18(7-12)11-2-3-15-10(4-11)5-14/h2-4,8-9,12,20H,6-7H2,1H3. The number of aliphatic hydroxyl groups is 1. The van der Waals surface area contributed by atoms with E-state index in [-0.39, 0.29) is 6.04 Å². The zero-order valence-electron chi connectivity index (χ0n) is 11.0. The first-order valence-corrected chi connectivity index (χ1v) is 6.38. The topological polar surface area (TPSA) is 90.9 Å². The van der Waals surface area contributed by atoms with Gasteiger partial charge in [-0.15, -0.1) is 5.10 Å². The van der Waals surface area contributed by atoms with E-state index in [1.54, 1.807) is 30.1 Å². The van der Waals surface area contributed by atoms with E-state index in [0.717, 1.165) is 18.8 Å². The highest BCUT2D eigenvalue weighted by atomic mass is 16.3. The predicted octanol–water partition coefficient (Wildman–Crippen LogP) is 0.659. The van der Waals surface area contributed by atoms with Crippen molar-refractivity contribution in [2.45, 2.75) is 19.1 Å². The average Bonchev–Trinajstić information content (AvgIpc) is 2.87. The molecule has 102 valence electrons. The fourth-order valence-corrected chi connectivity index (χ4v) is 2.17. The number of hydrogen-bond acceptors (Lipinski definition) is 6. The number of aliphatic hydroxyl groups excluding tert-OH is 1. The highest BCUT2D eigenvalue weighted by Crippen LogP contribution is 2.27. The molecule has 0 aliphatic carbocycles. The Morgan fingerprint density at radius 1 is 1.50 bits per heavy atom. The van der Waals surface area contributed by atoms with Crippen LogP contribution in [0.3, 0.4) is 0 Å². The summed E-state index contributed by atoms with van der Waals surface area (Å²) in [4.78, 5) is 6.11. The van der Waals surface area contributed by atoms with E-state index in [0.29, 0.717) is 11.4 Å². The van der Waals surface area contributed by atoms with Crippen molar-refractivity contribution < 1.29 is 5.11 Å². The first kappa shape index (κ1) is 12.6. The van der Waals surface area contributed by atoms with Crippen molar-refractivity contribution in [2.24, 2.45) is 0 Å². The highest BCUT2D eigenvalue weighted by molar-refractivity contribution is 5.51. The molecule has 1 N–H and O–H groups in total. The quantitative estimate of drug-likeness (QED) is 0.881. The van der Waals surface area contributed by atoms with E-state index < -0.39 is 6.10 Å². The van der Waals surface area contributed by atoms with Crippen LogP contribution in [0.5, 0.6) is 0 Å². The summed E-state index contributed by atoms with van der Waals surface area (Å²) in [6, 6.07) is 5.95. The Balaban J connectivity index is 1.67. The first-order valence-electron chi connectivity index (χ1n) is 6.38. The van der Waals surface area contributed by atoms with Crippen molar-refractivity contribution >= 4 is 5.69 Å². The van der Waals surface area contributed by atoms with Crippen LogP contribution in [-0.2, 0) is 0 Å². The number of nitrogens with zero attached hydrogens (tertiary/aromatic N) is 6. The van der Waals surface area contributed by atoms with E-state index in [4.69, 9.17) is 5.26 Å². The predicted molar refractivity (Wildman–Crippen MR) is 70.9 cm³/mol. The van der Waals surface area contributed by atoms with Gasteiger partial charge in [-0.3, -0.25) is 0 Å². The molecule has 0 amide bonds. The molecule has 1 aliphatic heterocycles.